The summed E-state index contributed by atoms with van der Waals surface area (Å²) >= 11 is 1.67. The van der Waals surface area contributed by atoms with E-state index in [9.17, 15) is 9.90 Å². The monoisotopic (exact) mass is 235 g/mol. The summed E-state index contributed by atoms with van der Waals surface area (Å²) < 4.78 is 0. The van der Waals surface area contributed by atoms with E-state index in [2.05, 4.69) is 0 Å². The van der Waals surface area contributed by atoms with Gasteiger partial charge in [-0.25, -0.2) is 0 Å². The molecule has 2 aliphatic rings. The molecule has 1 amide bonds. The van der Waals surface area contributed by atoms with Gasteiger partial charge in [0, 0.05) is 11.2 Å². The molecule has 3 unspecified atom stereocenters. The van der Waals surface area contributed by atoms with Gasteiger partial charge in [0.25, 0.3) is 0 Å². The minimum Gasteiger partial charge on any atom is -0.508 e. The summed E-state index contributed by atoms with van der Waals surface area (Å²) in [5.41, 5.74) is 7.76. The molecular weight excluding hydrogens is 222 g/mol. The van der Waals surface area contributed by atoms with Gasteiger partial charge in [0.15, 0.2) is 0 Å². The van der Waals surface area contributed by atoms with Crippen LogP contribution in [0.15, 0.2) is 18.2 Å². The van der Waals surface area contributed by atoms with Crippen molar-refractivity contribution in [3.8, 4) is 5.75 Å². The average molecular weight is 235 g/mol. The number of phenolic OH excluding ortho intramolecular Hbond substituents is 1. The number of carbonyl (C=O) groups excluding carboxylic acids is 1. The zero-order valence-corrected chi connectivity index (χ0v) is 9.54. The fourth-order valence-corrected chi connectivity index (χ4v) is 4.08. The molecule has 1 aromatic carbocycles. The van der Waals surface area contributed by atoms with Crippen LogP contribution in [0.2, 0.25) is 0 Å². The molecule has 3 nitrogen and oxygen atoms in total. The third-order valence-corrected chi connectivity index (χ3v) is 4.93. The fraction of sp³-hybridized carbons (Fsp3) is 0.417. The second kappa shape index (κ2) is 3.42. The summed E-state index contributed by atoms with van der Waals surface area (Å²) in [7, 11) is 0. The molecule has 84 valence electrons. The van der Waals surface area contributed by atoms with Crippen molar-refractivity contribution in [1.29, 1.82) is 0 Å². The number of fused-ring (bicyclic) bond motifs is 3. The molecule has 0 radical (unpaired) electrons. The molecular formula is C12H13NO2S. The van der Waals surface area contributed by atoms with Crippen LogP contribution in [0.1, 0.15) is 17.0 Å². The molecule has 1 saturated carbocycles. The van der Waals surface area contributed by atoms with Crippen molar-refractivity contribution in [2.75, 3.05) is 5.75 Å². The van der Waals surface area contributed by atoms with Crippen molar-refractivity contribution in [1.82, 2.24) is 0 Å². The van der Waals surface area contributed by atoms with Crippen LogP contribution in [0.4, 0.5) is 0 Å². The third kappa shape index (κ3) is 1.48. The lowest BCUT2D eigenvalue weighted by atomic mass is 10.1. The van der Waals surface area contributed by atoms with Crippen LogP contribution in [0.3, 0.4) is 0 Å². The maximum atomic E-state index is 10.7. The first-order valence-corrected chi connectivity index (χ1v) is 6.43. The SMILES string of the molecule is NC(=O)CSC1C2Cc3cc(O)ccc3C21. The molecule has 16 heavy (non-hydrogen) atoms. The molecule has 3 rings (SSSR count). The van der Waals surface area contributed by atoms with Crippen molar-refractivity contribution in [2.24, 2.45) is 11.7 Å². The molecule has 0 aromatic heterocycles. The number of nitrogens with two attached hydrogens (primary N) is 1. The number of hydrogen-bond acceptors (Lipinski definition) is 3. The van der Waals surface area contributed by atoms with Gasteiger partial charge >= 0.3 is 0 Å². The van der Waals surface area contributed by atoms with Gasteiger partial charge < -0.3 is 10.8 Å². The average Bonchev–Trinajstić information content (AvgIpc) is 2.76. The molecule has 1 aromatic rings. The van der Waals surface area contributed by atoms with Crippen LogP contribution in [0, 0.1) is 5.92 Å². The quantitative estimate of drug-likeness (QED) is 0.828. The van der Waals surface area contributed by atoms with Crippen LogP contribution in [0.5, 0.6) is 5.75 Å². The predicted octanol–water partition coefficient (Wildman–Crippen LogP) is 1.25. The van der Waals surface area contributed by atoms with Gasteiger partial charge in [-0.2, -0.15) is 0 Å². The molecule has 3 N–H and O–H groups in total. The second-order valence-electron chi connectivity index (χ2n) is 4.52. The Morgan fingerprint density at radius 1 is 1.56 bits per heavy atom. The van der Waals surface area contributed by atoms with Gasteiger partial charge in [-0.1, -0.05) is 6.07 Å². The van der Waals surface area contributed by atoms with Crippen molar-refractivity contribution >= 4 is 17.7 Å². The first-order chi connectivity index (χ1) is 7.66. The Morgan fingerprint density at radius 3 is 3.12 bits per heavy atom. The maximum Gasteiger partial charge on any atom is 0.227 e. The van der Waals surface area contributed by atoms with E-state index in [0.717, 1.165) is 6.42 Å². The Balaban J connectivity index is 1.72. The number of carbonyl (C=O) groups is 1. The van der Waals surface area contributed by atoms with Crippen molar-refractivity contribution < 1.29 is 9.90 Å². The summed E-state index contributed by atoms with van der Waals surface area (Å²) in [4.78, 5) is 10.7. The number of phenols is 1. The Labute approximate surface area is 98.0 Å². The Kier molecular flexibility index (Phi) is 2.14. The predicted molar refractivity (Wildman–Crippen MR) is 63.5 cm³/mol. The summed E-state index contributed by atoms with van der Waals surface area (Å²) in [6, 6.07) is 5.62. The topological polar surface area (TPSA) is 63.3 Å². The number of hydrogen-bond donors (Lipinski definition) is 2. The van der Waals surface area contributed by atoms with Crippen LogP contribution in [-0.4, -0.2) is 22.0 Å². The minimum absolute atomic E-state index is 0.235. The molecule has 0 spiro atoms. The van der Waals surface area contributed by atoms with Gasteiger partial charge in [-0.3, -0.25) is 4.79 Å². The normalized spacial score (nSPS) is 29.6. The van der Waals surface area contributed by atoms with E-state index in [1.807, 2.05) is 12.1 Å². The fourth-order valence-electron chi connectivity index (χ4n) is 2.75. The number of primary amides is 1. The van der Waals surface area contributed by atoms with Crippen molar-refractivity contribution in [2.45, 2.75) is 17.6 Å². The summed E-state index contributed by atoms with van der Waals surface area (Å²) in [5, 5.41) is 9.93. The van der Waals surface area contributed by atoms with Gasteiger partial charge in [-0.15, -0.1) is 11.8 Å². The van der Waals surface area contributed by atoms with Crippen molar-refractivity contribution in [3.05, 3.63) is 29.3 Å². The van der Waals surface area contributed by atoms with E-state index in [4.69, 9.17) is 5.73 Å². The van der Waals surface area contributed by atoms with Crippen LogP contribution >= 0.6 is 11.8 Å². The van der Waals surface area contributed by atoms with E-state index in [-0.39, 0.29) is 5.91 Å². The van der Waals surface area contributed by atoms with E-state index in [1.165, 1.54) is 11.1 Å². The van der Waals surface area contributed by atoms with Crippen molar-refractivity contribution in [3.63, 3.8) is 0 Å². The number of benzene rings is 1. The lowest BCUT2D eigenvalue weighted by Gasteiger charge is -2.07. The molecule has 1 fully saturated rings. The molecule has 0 saturated heterocycles. The van der Waals surface area contributed by atoms with Crippen LogP contribution < -0.4 is 5.73 Å². The lowest BCUT2D eigenvalue weighted by molar-refractivity contribution is -0.115. The molecule has 2 aliphatic carbocycles. The van der Waals surface area contributed by atoms with Gasteiger partial charge in [0.2, 0.25) is 5.91 Å². The summed E-state index contributed by atoms with van der Waals surface area (Å²) in [6.45, 7) is 0. The zero-order chi connectivity index (χ0) is 11.3. The minimum atomic E-state index is -0.235. The van der Waals surface area contributed by atoms with Gasteiger partial charge in [0.05, 0.1) is 5.75 Å². The van der Waals surface area contributed by atoms with Crippen LogP contribution in [0.25, 0.3) is 0 Å². The van der Waals surface area contributed by atoms with E-state index in [0.29, 0.717) is 28.6 Å². The first-order valence-electron chi connectivity index (χ1n) is 5.38. The number of aromatic hydroxyl groups is 1. The molecule has 0 aliphatic heterocycles. The van der Waals surface area contributed by atoms with Crippen LogP contribution in [-0.2, 0) is 11.2 Å². The maximum absolute atomic E-state index is 10.7. The second-order valence-corrected chi connectivity index (χ2v) is 5.69. The Morgan fingerprint density at radius 2 is 2.38 bits per heavy atom. The highest BCUT2D eigenvalue weighted by molar-refractivity contribution is 8.00. The molecule has 3 atom stereocenters. The Bertz CT molecular complexity index is 460. The lowest BCUT2D eigenvalue weighted by Crippen LogP contribution is -2.14. The number of rotatable bonds is 3. The zero-order valence-electron chi connectivity index (χ0n) is 8.72. The number of amides is 1. The smallest absolute Gasteiger partial charge is 0.227 e. The molecule has 0 heterocycles. The van der Waals surface area contributed by atoms with Gasteiger partial charge in [0.1, 0.15) is 5.75 Å². The standard InChI is InChI=1S/C12H13NO2S/c13-10(15)5-16-12-9-4-6-3-7(14)1-2-8(6)11(9)12/h1-3,9,11-12,14H,4-5H2,(H2,13,15). The highest BCUT2D eigenvalue weighted by Gasteiger charge is 2.55. The highest BCUT2D eigenvalue weighted by atomic mass is 32.2. The summed E-state index contributed by atoms with van der Waals surface area (Å²) in [6.07, 6.45) is 1.03. The Hall–Kier alpha value is -1.16. The first kappa shape index (κ1) is 10.0. The van der Waals surface area contributed by atoms with E-state index >= 15 is 0 Å². The number of thioether (sulfide) groups is 1. The van der Waals surface area contributed by atoms with E-state index < -0.39 is 0 Å². The summed E-state index contributed by atoms with van der Waals surface area (Å²) in [5.74, 6) is 1.77. The highest BCUT2D eigenvalue weighted by Crippen LogP contribution is 2.62. The molecule has 0 bridgehead atoms. The van der Waals surface area contributed by atoms with E-state index in [1.54, 1.807) is 17.8 Å². The largest absolute Gasteiger partial charge is 0.508 e. The third-order valence-electron chi connectivity index (χ3n) is 3.46. The van der Waals surface area contributed by atoms with Gasteiger partial charge in [-0.05, 0) is 35.6 Å². The molecule has 4 heteroatoms.